The average molecular weight is 218 g/mol. The van der Waals surface area contributed by atoms with Crippen LogP contribution < -0.4 is 10.6 Å². The van der Waals surface area contributed by atoms with Crippen LogP contribution in [-0.2, 0) is 0 Å². The lowest BCUT2D eigenvalue weighted by Gasteiger charge is -2.31. The molecule has 0 atom stereocenters. The Hall–Kier alpha value is -1.62. The van der Waals surface area contributed by atoms with Crippen molar-refractivity contribution >= 4 is 16.9 Å². The van der Waals surface area contributed by atoms with Crippen LogP contribution in [0, 0.1) is 0 Å². The molecule has 3 rings (SSSR count). The molecule has 5 nitrogen and oxygen atoms in total. The predicted octanol–water partition coefficient (Wildman–Crippen LogP) is 1.15. The van der Waals surface area contributed by atoms with E-state index in [2.05, 4.69) is 14.9 Å². The largest absolute Gasteiger partial charge is 0.425 e. The van der Waals surface area contributed by atoms with Gasteiger partial charge in [-0.1, -0.05) is 0 Å². The van der Waals surface area contributed by atoms with E-state index in [4.69, 9.17) is 10.2 Å². The third-order valence-corrected chi connectivity index (χ3v) is 3.10. The number of hydrogen-bond acceptors (Lipinski definition) is 5. The lowest BCUT2D eigenvalue weighted by molar-refractivity contribution is 0.502. The Morgan fingerprint density at radius 3 is 2.94 bits per heavy atom. The van der Waals surface area contributed by atoms with Gasteiger partial charge >= 0.3 is 0 Å². The standard InChI is InChI=1S/C11H14N4O/c12-8-2-5-15(6-3-8)9-1-4-13-11-10(9)14-7-16-11/h1,4,7-8H,2-3,5-6,12H2. The first-order valence-electron chi connectivity index (χ1n) is 5.53. The van der Waals surface area contributed by atoms with Crippen LogP contribution in [0.5, 0.6) is 0 Å². The molecule has 0 unspecified atom stereocenters. The molecule has 0 aromatic carbocycles. The van der Waals surface area contributed by atoms with Gasteiger partial charge in [0.2, 0.25) is 5.71 Å². The van der Waals surface area contributed by atoms with Crippen LogP contribution >= 0.6 is 0 Å². The van der Waals surface area contributed by atoms with E-state index in [0.29, 0.717) is 11.8 Å². The van der Waals surface area contributed by atoms with Crippen molar-refractivity contribution in [2.45, 2.75) is 18.9 Å². The van der Waals surface area contributed by atoms with Crippen LogP contribution in [0.25, 0.3) is 11.2 Å². The first-order valence-corrected chi connectivity index (χ1v) is 5.53. The molecule has 2 aromatic heterocycles. The average Bonchev–Trinajstić information content (AvgIpc) is 2.78. The van der Waals surface area contributed by atoms with E-state index < -0.39 is 0 Å². The van der Waals surface area contributed by atoms with E-state index in [0.717, 1.165) is 37.1 Å². The van der Waals surface area contributed by atoms with Crippen molar-refractivity contribution in [3.05, 3.63) is 18.7 Å². The molecule has 0 saturated carbocycles. The topological polar surface area (TPSA) is 68.2 Å². The molecule has 16 heavy (non-hydrogen) atoms. The quantitative estimate of drug-likeness (QED) is 0.777. The van der Waals surface area contributed by atoms with Crippen LogP contribution in [0.1, 0.15) is 12.8 Å². The second-order valence-electron chi connectivity index (χ2n) is 4.16. The fourth-order valence-corrected chi connectivity index (χ4v) is 2.16. The maximum Gasteiger partial charge on any atom is 0.248 e. The lowest BCUT2D eigenvalue weighted by atomic mass is 10.1. The molecule has 5 heteroatoms. The van der Waals surface area contributed by atoms with Gasteiger partial charge in [-0.05, 0) is 18.9 Å². The van der Waals surface area contributed by atoms with Crippen LogP contribution in [0.15, 0.2) is 23.1 Å². The predicted molar refractivity (Wildman–Crippen MR) is 61.2 cm³/mol. The number of piperidine rings is 1. The number of oxazole rings is 1. The number of nitrogens with two attached hydrogens (primary N) is 1. The molecule has 0 radical (unpaired) electrons. The third-order valence-electron chi connectivity index (χ3n) is 3.10. The van der Waals surface area contributed by atoms with E-state index in [1.807, 2.05) is 6.07 Å². The molecule has 0 amide bonds. The highest BCUT2D eigenvalue weighted by Crippen LogP contribution is 2.26. The van der Waals surface area contributed by atoms with Crippen molar-refractivity contribution in [2.24, 2.45) is 5.73 Å². The van der Waals surface area contributed by atoms with E-state index in [9.17, 15) is 0 Å². The van der Waals surface area contributed by atoms with Crippen molar-refractivity contribution in [2.75, 3.05) is 18.0 Å². The van der Waals surface area contributed by atoms with Crippen molar-refractivity contribution < 1.29 is 4.42 Å². The van der Waals surface area contributed by atoms with E-state index in [-0.39, 0.29) is 0 Å². The Labute approximate surface area is 93.3 Å². The van der Waals surface area contributed by atoms with Crippen LogP contribution in [0.3, 0.4) is 0 Å². The fourth-order valence-electron chi connectivity index (χ4n) is 2.16. The zero-order chi connectivity index (χ0) is 11.0. The number of aromatic nitrogens is 2. The summed E-state index contributed by atoms with van der Waals surface area (Å²) >= 11 is 0. The number of anilines is 1. The molecule has 1 saturated heterocycles. The second-order valence-corrected chi connectivity index (χ2v) is 4.16. The van der Waals surface area contributed by atoms with Gasteiger partial charge in [-0.25, -0.2) is 9.97 Å². The number of pyridine rings is 1. The van der Waals surface area contributed by atoms with Gasteiger partial charge in [-0.2, -0.15) is 0 Å². The summed E-state index contributed by atoms with van der Waals surface area (Å²) in [4.78, 5) is 10.6. The lowest BCUT2D eigenvalue weighted by Crippen LogP contribution is -2.39. The van der Waals surface area contributed by atoms with Gasteiger partial charge in [0.15, 0.2) is 11.9 Å². The molecule has 1 fully saturated rings. The Kier molecular flexibility index (Phi) is 2.25. The van der Waals surface area contributed by atoms with Gasteiger partial charge in [0.25, 0.3) is 0 Å². The van der Waals surface area contributed by atoms with Gasteiger partial charge in [0.1, 0.15) is 0 Å². The molecule has 2 N–H and O–H groups in total. The van der Waals surface area contributed by atoms with E-state index in [1.54, 1.807) is 6.20 Å². The summed E-state index contributed by atoms with van der Waals surface area (Å²) in [6.07, 6.45) is 5.26. The molecule has 0 aliphatic carbocycles. The fraction of sp³-hybridized carbons (Fsp3) is 0.455. The van der Waals surface area contributed by atoms with Crippen LogP contribution in [0.4, 0.5) is 5.69 Å². The monoisotopic (exact) mass is 218 g/mol. The molecular formula is C11H14N4O. The van der Waals surface area contributed by atoms with Crippen LogP contribution in [0.2, 0.25) is 0 Å². The number of fused-ring (bicyclic) bond motifs is 1. The van der Waals surface area contributed by atoms with E-state index >= 15 is 0 Å². The minimum absolute atomic E-state index is 0.339. The maximum absolute atomic E-state index is 5.89. The van der Waals surface area contributed by atoms with Gasteiger partial charge in [0, 0.05) is 25.3 Å². The summed E-state index contributed by atoms with van der Waals surface area (Å²) in [5.41, 5.74) is 8.45. The SMILES string of the molecule is NC1CCN(c2ccnc3ocnc23)CC1. The summed E-state index contributed by atoms with van der Waals surface area (Å²) in [7, 11) is 0. The molecule has 3 heterocycles. The van der Waals surface area contributed by atoms with Crippen molar-refractivity contribution in [1.29, 1.82) is 0 Å². The summed E-state index contributed by atoms with van der Waals surface area (Å²) in [5.74, 6) is 0. The zero-order valence-electron chi connectivity index (χ0n) is 8.97. The number of hydrogen-bond donors (Lipinski definition) is 1. The third kappa shape index (κ3) is 1.53. The first-order chi connectivity index (χ1) is 7.84. The minimum atomic E-state index is 0.339. The molecule has 0 spiro atoms. The molecule has 0 bridgehead atoms. The highest BCUT2D eigenvalue weighted by Gasteiger charge is 2.19. The molecule has 2 aromatic rings. The second kappa shape index (κ2) is 3.75. The van der Waals surface area contributed by atoms with Crippen molar-refractivity contribution in [1.82, 2.24) is 9.97 Å². The summed E-state index contributed by atoms with van der Waals surface area (Å²) in [5, 5.41) is 0. The molecule has 84 valence electrons. The van der Waals surface area contributed by atoms with Gasteiger partial charge < -0.3 is 15.1 Å². The van der Waals surface area contributed by atoms with Crippen molar-refractivity contribution in [3.63, 3.8) is 0 Å². The summed E-state index contributed by atoms with van der Waals surface area (Å²) < 4.78 is 5.20. The van der Waals surface area contributed by atoms with Gasteiger partial charge in [-0.3, -0.25) is 0 Å². The zero-order valence-corrected chi connectivity index (χ0v) is 8.97. The van der Waals surface area contributed by atoms with Gasteiger partial charge in [0.05, 0.1) is 5.69 Å². The van der Waals surface area contributed by atoms with Crippen LogP contribution in [-0.4, -0.2) is 29.1 Å². The summed E-state index contributed by atoms with van der Waals surface area (Å²) in [6.45, 7) is 1.96. The minimum Gasteiger partial charge on any atom is -0.425 e. The Morgan fingerprint density at radius 2 is 2.12 bits per heavy atom. The summed E-state index contributed by atoms with van der Waals surface area (Å²) in [6, 6.07) is 2.33. The van der Waals surface area contributed by atoms with Gasteiger partial charge in [-0.15, -0.1) is 0 Å². The normalized spacial score (nSPS) is 18.2. The highest BCUT2D eigenvalue weighted by molar-refractivity contribution is 5.84. The van der Waals surface area contributed by atoms with Crippen molar-refractivity contribution in [3.8, 4) is 0 Å². The maximum atomic E-state index is 5.89. The highest BCUT2D eigenvalue weighted by atomic mass is 16.3. The molecule has 1 aliphatic rings. The molecule has 1 aliphatic heterocycles. The first kappa shape index (κ1) is 9.59. The van der Waals surface area contributed by atoms with E-state index in [1.165, 1.54) is 6.39 Å². The smallest absolute Gasteiger partial charge is 0.248 e. The Morgan fingerprint density at radius 1 is 1.31 bits per heavy atom. The Balaban J connectivity index is 1.96. The Bertz CT molecular complexity index is 487. The number of nitrogens with zero attached hydrogens (tertiary/aromatic N) is 3. The molecular weight excluding hydrogens is 204 g/mol. The number of rotatable bonds is 1.